The minimum Gasteiger partial charge on any atom is -0.494 e. The van der Waals surface area contributed by atoms with Gasteiger partial charge in [0.1, 0.15) is 11.6 Å². The lowest BCUT2D eigenvalue weighted by molar-refractivity contribution is 0.213. The van der Waals surface area contributed by atoms with Crippen LogP contribution in [0.15, 0.2) is 109 Å². The average Bonchev–Trinajstić information content (AvgIpc) is 3.11. The van der Waals surface area contributed by atoms with Crippen LogP contribution in [0.4, 0.5) is 14.9 Å². The zero-order valence-electron chi connectivity index (χ0n) is 22.2. The number of allylic oxidation sites excluding steroid dienone is 6. The smallest absolute Gasteiger partial charge is 0.417 e. The Morgan fingerprint density at radius 2 is 1.75 bits per heavy atom. The number of nitrogens with one attached hydrogen (secondary N) is 1. The van der Waals surface area contributed by atoms with E-state index in [2.05, 4.69) is 46.3 Å². The van der Waals surface area contributed by atoms with Crippen molar-refractivity contribution in [1.82, 2.24) is 9.55 Å². The molecule has 1 N–H and O–H groups in total. The zero-order valence-corrected chi connectivity index (χ0v) is 22.2. The molecule has 0 atom stereocenters. The number of nitrogens with zero attached hydrogens (tertiary/aromatic N) is 2. The van der Waals surface area contributed by atoms with Gasteiger partial charge in [0.05, 0.1) is 18.0 Å². The molecule has 0 saturated heterocycles. The molecule has 0 unspecified atom stereocenters. The fourth-order valence-electron chi connectivity index (χ4n) is 4.52. The number of aromatic nitrogens is 2. The Bertz CT molecular complexity index is 1550. The maximum Gasteiger partial charge on any atom is 0.417 e. The van der Waals surface area contributed by atoms with Crippen LogP contribution in [0.2, 0.25) is 0 Å². The fourth-order valence-corrected chi connectivity index (χ4v) is 4.52. The third-order valence-electron chi connectivity index (χ3n) is 6.44. The SMILES string of the molecule is Cc1nc(C2=CC=CC=CC2)c(-c2ccccc2)n1CCCOc1ccc(NC(=O)Oc2ccccc2F)cc1. The van der Waals surface area contributed by atoms with Crippen molar-refractivity contribution in [1.29, 1.82) is 0 Å². The summed E-state index contributed by atoms with van der Waals surface area (Å²) in [7, 11) is 0. The Labute approximate surface area is 233 Å². The van der Waals surface area contributed by atoms with Crippen LogP contribution in [-0.4, -0.2) is 22.3 Å². The number of amides is 1. The number of para-hydroxylation sites is 1. The quantitative estimate of drug-likeness (QED) is 0.221. The number of carbonyl (C=O) groups is 1. The van der Waals surface area contributed by atoms with E-state index in [1.807, 2.05) is 31.2 Å². The molecule has 0 spiro atoms. The Hall–Kier alpha value is -4.91. The van der Waals surface area contributed by atoms with E-state index in [0.717, 1.165) is 42.2 Å². The number of aryl methyl sites for hydroxylation is 1. The van der Waals surface area contributed by atoms with Crippen molar-refractivity contribution < 1.29 is 18.7 Å². The van der Waals surface area contributed by atoms with Crippen molar-refractivity contribution in [2.75, 3.05) is 11.9 Å². The van der Waals surface area contributed by atoms with E-state index < -0.39 is 11.9 Å². The Balaban J connectivity index is 1.20. The number of benzene rings is 3. The Morgan fingerprint density at radius 3 is 2.55 bits per heavy atom. The molecule has 0 radical (unpaired) electrons. The minimum atomic E-state index is -0.769. The summed E-state index contributed by atoms with van der Waals surface area (Å²) in [5.41, 5.74) is 4.96. The molecule has 1 heterocycles. The second-order valence-corrected chi connectivity index (χ2v) is 9.25. The number of imidazole rings is 1. The molecule has 7 heteroatoms. The van der Waals surface area contributed by atoms with Gasteiger partial charge in [-0.05, 0) is 61.7 Å². The summed E-state index contributed by atoms with van der Waals surface area (Å²) in [6, 6.07) is 23.1. The van der Waals surface area contributed by atoms with Crippen LogP contribution in [0.3, 0.4) is 0 Å². The van der Waals surface area contributed by atoms with Crippen molar-refractivity contribution >= 4 is 17.4 Å². The second-order valence-electron chi connectivity index (χ2n) is 9.25. The van der Waals surface area contributed by atoms with Crippen LogP contribution in [0, 0.1) is 12.7 Å². The molecular weight excluding hydrogens is 505 g/mol. The number of halogens is 1. The number of rotatable bonds is 9. The fraction of sp³-hybridized carbons (Fsp3) is 0.152. The summed E-state index contributed by atoms with van der Waals surface area (Å²) in [5, 5.41) is 2.59. The van der Waals surface area contributed by atoms with E-state index in [1.165, 1.54) is 23.8 Å². The van der Waals surface area contributed by atoms with Gasteiger partial charge in [0, 0.05) is 17.8 Å². The largest absolute Gasteiger partial charge is 0.494 e. The molecule has 0 bridgehead atoms. The first-order valence-electron chi connectivity index (χ1n) is 13.2. The summed E-state index contributed by atoms with van der Waals surface area (Å²) in [6.07, 6.45) is 11.3. The van der Waals surface area contributed by atoms with Crippen LogP contribution in [0.5, 0.6) is 11.5 Å². The summed E-state index contributed by atoms with van der Waals surface area (Å²) in [5.74, 6) is 0.914. The minimum absolute atomic E-state index is 0.129. The van der Waals surface area contributed by atoms with E-state index in [0.29, 0.717) is 18.0 Å². The van der Waals surface area contributed by atoms with E-state index in [1.54, 1.807) is 30.3 Å². The highest BCUT2D eigenvalue weighted by atomic mass is 19.1. The first-order chi connectivity index (χ1) is 19.6. The molecule has 0 aliphatic heterocycles. The van der Waals surface area contributed by atoms with Crippen LogP contribution in [0.25, 0.3) is 16.8 Å². The Kier molecular flexibility index (Phi) is 8.51. The molecule has 5 rings (SSSR count). The standard InChI is InChI=1S/C33H30FN3O3/c1-24-35-31(25-12-5-2-3-6-13-25)32(26-14-7-4-8-15-26)37(24)22-11-23-39-28-20-18-27(19-21-28)36-33(38)40-30-17-10-9-16-29(30)34/h2-10,12,14-21H,11,13,22-23H2,1H3,(H,36,38). The van der Waals surface area contributed by atoms with Gasteiger partial charge in [-0.2, -0.15) is 0 Å². The van der Waals surface area contributed by atoms with Gasteiger partial charge in [-0.3, -0.25) is 5.32 Å². The summed E-state index contributed by atoms with van der Waals surface area (Å²) >= 11 is 0. The van der Waals surface area contributed by atoms with Crippen LogP contribution in [0.1, 0.15) is 24.4 Å². The van der Waals surface area contributed by atoms with Gasteiger partial charge in [0.25, 0.3) is 0 Å². The van der Waals surface area contributed by atoms with Crippen molar-refractivity contribution in [2.45, 2.75) is 26.3 Å². The van der Waals surface area contributed by atoms with Crippen molar-refractivity contribution in [3.8, 4) is 22.8 Å². The molecule has 1 aliphatic rings. The molecule has 3 aromatic carbocycles. The molecule has 40 heavy (non-hydrogen) atoms. The highest BCUT2D eigenvalue weighted by molar-refractivity contribution is 5.86. The third kappa shape index (κ3) is 6.56. The molecule has 202 valence electrons. The van der Waals surface area contributed by atoms with Crippen molar-refractivity contribution in [3.05, 3.63) is 127 Å². The number of hydrogen-bond donors (Lipinski definition) is 1. The van der Waals surface area contributed by atoms with E-state index in [9.17, 15) is 9.18 Å². The van der Waals surface area contributed by atoms with Crippen LogP contribution >= 0.6 is 0 Å². The lowest BCUT2D eigenvalue weighted by Gasteiger charge is -2.13. The zero-order chi connectivity index (χ0) is 27.7. The highest BCUT2D eigenvalue weighted by Gasteiger charge is 2.19. The topological polar surface area (TPSA) is 65.4 Å². The lowest BCUT2D eigenvalue weighted by Crippen LogP contribution is -2.17. The first kappa shape index (κ1) is 26.7. The number of carbonyl (C=O) groups excluding carboxylic acids is 1. The van der Waals surface area contributed by atoms with Crippen molar-refractivity contribution in [3.63, 3.8) is 0 Å². The highest BCUT2D eigenvalue weighted by Crippen LogP contribution is 2.32. The molecule has 1 aliphatic carbocycles. The molecular formula is C33H30FN3O3. The first-order valence-corrected chi connectivity index (χ1v) is 13.2. The molecule has 0 fully saturated rings. The van der Waals surface area contributed by atoms with Gasteiger partial charge in [0.2, 0.25) is 0 Å². The predicted octanol–water partition coefficient (Wildman–Crippen LogP) is 7.98. The normalized spacial score (nSPS) is 12.5. The maximum atomic E-state index is 13.7. The van der Waals surface area contributed by atoms with Crippen molar-refractivity contribution in [2.24, 2.45) is 0 Å². The molecule has 0 saturated carbocycles. The van der Waals surface area contributed by atoms with E-state index in [-0.39, 0.29) is 5.75 Å². The summed E-state index contributed by atoms with van der Waals surface area (Å²) in [4.78, 5) is 17.1. The van der Waals surface area contributed by atoms with Gasteiger partial charge in [-0.15, -0.1) is 0 Å². The van der Waals surface area contributed by atoms with Gasteiger partial charge >= 0.3 is 6.09 Å². The summed E-state index contributed by atoms with van der Waals surface area (Å²) in [6.45, 7) is 3.31. The summed E-state index contributed by atoms with van der Waals surface area (Å²) < 4.78 is 27.0. The predicted molar refractivity (Wildman–Crippen MR) is 156 cm³/mol. The van der Waals surface area contributed by atoms with Crippen LogP contribution in [-0.2, 0) is 6.54 Å². The van der Waals surface area contributed by atoms with E-state index in [4.69, 9.17) is 14.5 Å². The van der Waals surface area contributed by atoms with Gasteiger partial charge in [-0.1, -0.05) is 72.8 Å². The van der Waals surface area contributed by atoms with Gasteiger partial charge in [0.15, 0.2) is 11.6 Å². The number of hydrogen-bond acceptors (Lipinski definition) is 4. The monoisotopic (exact) mass is 535 g/mol. The third-order valence-corrected chi connectivity index (χ3v) is 6.44. The second kappa shape index (κ2) is 12.8. The Morgan fingerprint density at radius 1 is 0.975 bits per heavy atom. The molecule has 1 amide bonds. The lowest BCUT2D eigenvalue weighted by atomic mass is 10.0. The maximum absolute atomic E-state index is 13.7. The van der Waals surface area contributed by atoms with Gasteiger partial charge < -0.3 is 14.0 Å². The van der Waals surface area contributed by atoms with Crippen LogP contribution < -0.4 is 14.8 Å². The number of anilines is 1. The van der Waals surface area contributed by atoms with Gasteiger partial charge in [-0.25, -0.2) is 14.2 Å². The molecule has 4 aromatic rings. The average molecular weight is 536 g/mol. The number of ether oxygens (including phenoxy) is 2. The molecule has 1 aromatic heterocycles. The molecule has 6 nitrogen and oxygen atoms in total. The van der Waals surface area contributed by atoms with E-state index >= 15 is 0 Å².